The highest BCUT2D eigenvalue weighted by molar-refractivity contribution is 5.80. The molecule has 1 atom stereocenters. The van der Waals surface area contributed by atoms with E-state index in [-0.39, 0.29) is 5.97 Å². The highest BCUT2D eigenvalue weighted by Gasteiger charge is 2.39. The zero-order chi connectivity index (χ0) is 15.3. The molecule has 2 fully saturated rings. The summed E-state index contributed by atoms with van der Waals surface area (Å²) in [6.07, 6.45) is 8.32. The van der Waals surface area contributed by atoms with Crippen molar-refractivity contribution in [2.75, 3.05) is 26.7 Å². The first-order valence-corrected chi connectivity index (χ1v) is 8.66. The van der Waals surface area contributed by atoms with Gasteiger partial charge in [-0.25, -0.2) is 0 Å². The average Bonchev–Trinajstić information content (AvgIpc) is 3.34. The molecule has 4 nitrogen and oxygen atoms in total. The van der Waals surface area contributed by atoms with E-state index in [2.05, 4.69) is 17.1 Å². The summed E-state index contributed by atoms with van der Waals surface area (Å²) in [6, 6.07) is 0.521. The van der Waals surface area contributed by atoms with Gasteiger partial charge in [0.2, 0.25) is 0 Å². The maximum Gasteiger partial charge on any atom is 0.325 e. The molecular weight excluding hydrogens is 264 g/mol. The van der Waals surface area contributed by atoms with Gasteiger partial charge in [0.15, 0.2) is 0 Å². The Hall–Kier alpha value is -0.610. The number of hydrogen-bond donors (Lipinski definition) is 1. The molecule has 0 aliphatic heterocycles. The molecule has 2 rings (SSSR count). The van der Waals surface area contributed by atoms with E-state index < -0.39 is 5.54 Å². The van der Waals surface area contributed by atoms with Crippen molar-refractivity contribution < 1.29 is 9.53 Å². The molecule has 122 valence electrons. The lowest BCUT2D eigenvalue weighted by atomic mass is 9.95. The van der Waals surface area contributed by atoms with Crippen molar-refractivity contribution in [2.45, 2.75) is 70.4 Å². The van der Waals surface area contributed by atoms with Gasteiger partial charge in [-0.05, 0) is 70.9 Å². The van der Waals surface area contributed by atoms with Crippen molar-refractivity contribution in [2.24, 2.45) is 5.92 Å². The van der Waals surface area contributed by atoms with E-state index in [1.54, 1.807) is 0 Å². The zero-order valence-corrected chi connectivity index (χ0v) is 14.0. The van der Waals surface area contributed by atoms with Crippen LogP contribution in [-0.4, -0.2) is 49.2 Å². The number of nitrogens with one attached hydrogen (secondary N) is 1. The Morgan fingerprint density at radius 2 is 2.00 bits per heavy atom. The number of carbonyl (C=O) groups is 1. The third-order valence-electron chi connectivity index (χ3n) is 4.64. The van der Waals surface area contributed by atoms with E-state index in [1.807, 2.05) is 6.92 Å². The van der Waals surface area contributed by atoms with Crippen molar-refractivity contribution >= 4 is 5.97 Å². The lowest BCUT2D eigenvalue weighted by Gasteiger charge is -2.29. The van der Waals surface area contributed by atoms with Crippen LogP contribution in [0.2, 0.25) is 0 Å². The lowest BCUT2D eigenvalue weighted by Crippen LogP contribution is -2.51. The summed E-state index contributed by atoms with van der Waals surface area (Å²) in [5.74, 6) is 0.826. The van der Waals surface area contributed by atoms with Crippen LogP contribution in [0.1, 0.15) is 58.8 Å². The monoisotopic (exact) mass is 296 g/mol. The molecule has 21 heavy (non-hydrogen) atoms. The molecule has 0 aromatic rings. The lowest BCUT2D eigenvalue weighted by molar-refractivity contribution is -0.148. The van der Waals surface area contributed by atoms with Gasteiger partial charge >= 0.3 is 5.97 Å². The van der Waals surface area contributed by atoms with Crippen molar-refractivity contribution in [3.63, 3.8) is 0 Å². The third-order valence-corrected chi connectivity index (χ3v) is 4.64. The van der Waals surface area contributed by atoms with Gasteiger partial charge in [-0.3, -0.25) is 10.1 Å². The third kappa shape index (κ3) is 5.59. The number of esters is 1. The van der Waals surface area contributed by atoms with E-state index in [4.69, 9.17) is 4.74 Å². The van der Waals surface area contributed by atoms with Crippen LogP contribution in [0.4, 0.5) is 0 Å². The van der Waals surface area contributed by atoms with Gasteiger partial charge in [0, 0.05) is 12.6 Å². The molecule has 0 aromatic carbocycles. The maximum atomic E-state index is 12.1. The minimum Gasteiger partial charge on any atom is -0.468 e. The van der Waals surface area contributed by atoms with Gasteiger partial charge in [0.05, 0.1) is 7.11 Å². The van der Waals surface area contributed by atoms with Crippen LogP contribution >= 0.6 is 0 Å². The molecule has 0 radical (unpaired) electrons. The van der Waals surface area contributed by atoms with Crippen molar-refractivity contribution in [1.29, 1.82) is 0 Å². The SMILES string of the molecule is CCCN(CCCC(C)(NC1CC1)C(=O)OC)CC1CC1. The number of methoxy groups -OCH3 is 1. The maximum absolute atomic E-state index is 12.1. The molecule has 0 saturated heterocycles. The normalized spacial score (nSPS) is 21.3. The number of hydrogen-bond acceptors (Lipinski definition) is 4. The Morgan fingerprint density at radius 1 is 1.29 bits per heavy atom. The van der Waals surface area contributed by atoms with E-state index in [1.165, 1.54) is 52.3 Å². The first-order valence-electron chi connectivity index (χ1n) is 8.66. The minimum atomic E-state index is -0.507. The van der Waals surface area contributed by atoms with Crippen molar-refractivity contribution in [1.82, 2.24) is 10.2 Å². The Kier molecular flexibility index (Phi) is 6.06. The van der Waals surface area contributed by atoms with Gasteiger partial charge in [-0.15, -0.1) is 0 Å². The summed E-state index contributed by atoms with van der Waals surface area (Å²) in [6.45, 7) is 7.78. The molecule has 1 unspecified atom stereocenters. The first-order chi connectivity index (χ1) is 10.1. The second-order valence-corrected chi connectivity index (χ2v) is 7.09. The first kappa shape index (κ1) is 16.8. The van der Waals surface area contributed by atoms with Gasteiger partial charge in [0.1, 0.15) is 5.54 Å². The zero-order valence-electron chi connectivity index (χ0n) is 14.0. The predicted octanol–water partition coefficient (Wildman–Crippen LogP) is 2.57. The second-order valence-electron chi connectivity index (χ2n) is 7.09. The van der Waals surface area contributed by atoms with Crippen LogP contribution < -0.4 is 5.32 Å². The van der Waals surface area contributed by atoms with E-state index in [9.17, 15) is 4.79 Å². The summed E-state index contributed by atoms with van der Waals surface area (Å²) >= 11 is 0. The summed E-state index contributed by atoms with van der Waals surface area (Å²) in [5.41, 5.74) is -0.507. The summed E-state index contributed by atoms with van der Waals surface area (Å²) in [7, 11) is 1.49. The van der Waals surface area contributed by atoms with Crippen LogP contribution in [0.25, 0.3) is 0 Å². The molecule has 2 aliphatic carbocycles. The van der Waals surface area contributed by atoms with E-state index >= 15 is 0 Å². The van der Waals surface area contributed by atoms with Gasteiger partial charge in [0.25, 0.3) is 0 Å². The Balaban J connectivity index is 1.77. The van der Waals surface area contributed by atoms with E-state index in [0.717, 1.165) is 25.3 Å². The summed E-state index contributed by atoms with van der Waals surface area (Å²) < 4.78 is 5.01. The van der Waals surface area contributed by atoms with Crippen LogP contribution in [0.5, 0.6) is 0 Å². The smallest absolute Gasteiger partial charge is 0.325 e. The van der Waals surface area contributed by atoms with Crippen LogP contribution in [-0.2, 0) is 9.53 Å². The molecule has 2 saturated carbocycles. The van der Waals surface area contributed by atoms with Crippen LogP contribution in [0.15, 0.2) is 0 Å². The predicted molar refractivity (Wildman–Crippen MR) is 85.3 cm³/mol. The molecular formula is C17H32N2O2. The van der Waals surface area contributed by atoms with Crippen LogP contribution in [0, 0.1) is 5.92 Å². The number of carbonyl (C=O) groups excluding carboxylic acids is 1. The minimum absolute atomic E-state index is 0.112. The highest BCUT2D eigenvalue weighted by atomic mass is 16.5. The number of nitrogens with zero attached hydrogens (tertiary/aromatic N) is 1. The molecule has 0 aromatic heterocycles. The largest absolute Gasteiger partial charge is 0.468 e. The van der Waals surface area contributed by atoms with Crippen LogP contribution in [0.3, 0.4) is 0 Å². The molecule has 0 heterocycles. The molecule has 0 bridgehead atoms. The number of rotatable bonds is 11. The molecule has 2 aliphatic rings. The average molecular weight is 296 g/mol. The van der Waals surface area contributed by atoms with Crippen molar-refractivity contribution in [3.05, 3.63) is 0 Å². The Bertz CT molecular complexity index is 340. The van der Waals surface area contributed by atoms with Gasteiger partial charge in [-0.1, -0.05) is 6.92 Å². The van der Waals surface area contributed by atoms with Gasteiger partial charge in [-0.2, -0.15) is 0 Å². The quantitative estimate of drug-likeness (QED) is 0.595. The number of ether oxygens (including phenoxy) is 1. The Labute approximate surface area is 129 Å². The molecule has 4 heteroatoms. The fourth-order valence-electron chi connectivity index (χ4n) is 3.07. The molecule has 0 amide bonds. The second kappa shape index (κ2) is 7.59. The standard InChI is InChI=1S/C17H32N2O2/c1-4-11-19(13-14-6-7-14)12-5-10-17(2,16(20)21-3)18-15-8-9-15/h14-15,18H,4-13H2,1-3H3. The molecule has 0 spiro atoms. The van der Waals surface area contributed by atoms with Gasteiger partial charge < -0.3 is 9.64 Å². The summed E-state index contributed by atoms with van der Waals surface area (Å²) in [4.78, 5) is 14.7. The Morgan fingerprint density at radius 3 is 2.52 bits per heavy atom. The summed E-state index contributed by atoms with van der Waals surface area (Å²) in [5, 5.41) is 3.48. The topological polar surface area (TPSA) is 41.6 Å². The molecule has 1 N–H and O–H groups in total. The fraction of sp³-hybridized carbons (Fsp3) is 0.941. The van der Waals surface area contributed by atoms with E-state index in [0.29, 0.717) is 6.04 Å². The fourth-order valence-corrected chi connectivity index (χ4v) is 3.07. The van der Waals surface area contributed by atoms with Crippen molar-refractivity contribution in [3.8, 4) is 0 Å². The highest BCUT2D eigenvalue weighted by Crippen LogP contribution is 2.30.